The van der Waals surface area contributed by atoms with Gasteiger partial charge in [-0.2, -0.15) is 0 Å². The van der Waals surface area contributed by atoms with Crippen LogP contribution >= 0.6 is 11.6 Å². The molecule has 108 valence electrons. The lowest BCUT2D eigenvalue weighted by atomic mass is 10.2. The summed E-state index contributed by atoms with van der Waals surface area (Å²) in [6, 6.07) is 4.42. The Bertz CT molecular complexity index is 843. The van der Waals surface area contributed by atoms with Gasteiger partial charge in [0.2, 0.25) is 0 Å². The number of nitrogens with zero attached hydrogens (tertiary/aromatic N) is 3. The normalized spacial score (nSPS) is 11.3. The predicted molar refractivity (Wildman–Crippen MR) is 77.8 cm³/mol. The highest BCUT2D eigenvalue weighted by molar-refractivity contribution is 6.17. The summed E-state index contributed by atoms with van der Waals surface area (Å²) in [4.78, 5) is 8.56. The minimum absolute atomic E-state index is 0.0304. The van der Waals surface area contributed by atoms with Crippen LogP contribution in [0, 0.1) is 25.5 Å². The molecule has 0 saturated carbocycles. The Hall–Kier alpha value is -2.01. The van der Waals surface area contributed by atoms with Gasteiger partial charge in [-0.05, 0) is 37.1 Å². The number of imidazole rings is 1. The van der Waals surface area contributed by atoms with Crippen molar-refractivity contribution in [2.45, 2.75) is 19.7 Å². The molecule has 0 fully saturated rings. The second-order valence-corrected chi connectivity index (χ2v) is 5.09. The summed E-state index contributed by atoms with van der Waals surface area (Å²) in [6.45, 7) is 3.44. The topological polar surface area (TPSA) is 30.7 Å². The molecule has 0 atom stereocenters. The number of benzene rings is 1. The van der Waals surface area contributed by atoms with E-state index in [0.29, 0.717) is 22.6 Å². The number of aryl methyl sites for hydroxylation is 2. The van der Waals surface area contributed by atoms with Crippen LogP contribution in [-0.2, 0) is 5.88 Å². The molecule has 0 spiro atoms. The Balaban J connectivity index is 2.45. The number of hydrogen-bond acceptors (Lipinski definition) is 2. The molecular weight excluding hydrogens is 296 g/mol. The maximum Gasteiger partial charge on any atom is 0.165 e. The van der Waals surface area contributed by atoms with Crippen LogP contribution in [0.2, 0.25) is 0 Å². The van der Waals surface area contributed by atoms with Crippen molar-refractivity contribution in [3.8, 4) is 5.69 Å². The zero-order valence-corrected chi connectivity index (χ0v) is 12.2. The van der Waals surface area contributed by atoms with Crippen molar-refractivity contribution in [1.82, 2.24) is 14.5 Å². The molecule has 0 N–H and O–H groups in total. The van der Waals surface area contributed by atoms with Gasteiger partial charge in [0.05, 0.1) is 5.88 Å². The second-order valence-electron chi connectivity index (χ2n) is 4.82. The van der Waals surface area contributed by atoms with Gasteiger partial charge < -0.3 is 0 Å². The molecule has 0 aliphatic carbocycles. The number of hydrogen-bond donors (Lipinski definition) is 0. The molecule has 3 rings (SSSR count). The summed E-state index contributed by atoms with van der Waals surface area (Å²) in [5, 5.41) is 0. The minimum Gasteiger partial charge on any atom is -0.274 e. The van der Waals surface area contributed by atoms with Crippen LogP contribution in [0.4, 0.5) is 8.78 Å². The van der Waals surface area contributed by atoms with Gasteiger partial charge in [0, 0.05) is 6.20 Å². The van der Waals surface area contributed by atoms with Crippen molar-refractivity contribution in [2.24, 2.45) is 0 Å². The first-order valence-corrected chi connectivity index (χ1v) is 6.92. The van der Waals surface area contributed by atoms with Crippen LogP contribution in [0.5, 0.6) is 0 Å². The monoisotopic (exact) mass is 307 g/mol. The molecule has 0 aliphatic heterocycles. The van der Waals surface area contributed by atoms with E-state index in [1.165, 1.54) is 16.7 Å². The molecule has 0 radical (unpaired) electrons. The van der Waals surface area contributed by atoms with Crippen molar-refractivity contribution in [3.63, 3.8) is 0 Å². The number of rotatable bonds is 2. The SMILES string of the molecule is Cc1ccc(F)c(-n2c(CCl)nc3c(C)ccnc32)c1F. The van der Waals surface area contributed by atoms with Gasteiger partial charge in [-0.3, -0.25) is 4.57 Å². The molecule has 3 aromatic rings. The molecule has 0 saturated heterocycles. The van der Waals surface area contributed by atoms with E-state index in [1.807, 2.05) is 6.92 Å². The highest BCUT2D eigenvalue weighted by Crippen LogP contribution is 2.28. The van der Waals surface area contributed by atoms with Crippen molar-refractivity contribution < 1.29 is 8.78 Å². The zero-order chi connectivity index (χ0) is 15.1. The molecule has 1 aromatic carbocycles. The number of halogens is 3. The lowest BCUT2D eigenvalue weighted by Gasteiger charge is -2.11. The van der Waals surface area contributed by atoms with E-state index >= 15 is 0 Å². The van der Waals surface area contributed by atoms with Crippen LogP contribution in [0.3, 0.4) is 0 Å². The molecule has 0 amide bonds. The lowest BCUT2D eigenvalue weighted by Crippen LogP contribution is -2.07. The summed E-state index contributed by atoms with van der Waals surface area (Å²) >= 11 is 5.89. The third-order valence-electron chi connectivity index (χ3n) is 3.42. The van der Waals surface area contributed by atoms with E-state index in [1.54, 1.807) is 19.2 Å². The van der Waals surface area contributed by atoms with E-state index < -0.39 is 11.6 Å². The predicted octanol–water partition coefficient (Wildman–Crippen LogP) is 4.05. The van der Waals surface area contributed by atoms with E-state index in [-0.39, 0.29) is 11.6 Å². The summed E-state index contributed by atoms with van der Waals surface area (Å²) in [7, 11) is 0. The van der Waals surface area contributed by atoms with Gasteiger partial charge >= 0.3 is 0 Å². The third-order valence-corrected chi connectivity index (χ3v) is 3.66. The highest BCUT2D eigenvalue weighted by Gasteiger charge is 2.21. The summed E-state index contributed by atoms with van der Waals surface area (Å²) in [6.07, 6.45) is 1.58. The van der Waals surface area contributed by atoms with Gasteiger partial charge in [-0.1, -0.05) is 6.07 Å². The van der Waals surface area contributed by atoms with Crippen LogP contribution in [0.25, 0.3) is 16.9 Å². The minimum atomic E-state index is -0.674. The fourth-order valence-electron chi connectivity index (χ4n) is 2.31. The summed E-state index contributed by atoms with van der Waals surface area (Å²) in [5.41, 5.74) is 2.02. The molecule has 3 nitrogen and oxygen atoms in total. The standard InChI is InChI=1S/C15H12ClF2N3/c1-8-3-4-10(17)14(12(8)18)21-11(7-16)20-13-9(2)5-6-19-15(13)21/h3-6H,7H2,1-2H3. The Morgan fingerprint density at radius 3 is 2.62 bits per heavy atom. The van der Waals surface area contributed by atoms with Gasteiger partial charge in [-0.15, -0.1) is 11.6 Å². The molecule has 0 unspecified atom stereocenters. The smallest absolute Gasteiger partial charge is 0.165 e. The summed E-state index contributed by atoms with van der Waals surface area (Å²) < 4.78 is 29.9. The van der Waals surface area contributed by atoms with E-state index in [4.69, 9.17) is 11.6 Å². The Labute approximate surface area is 125 Å². The average molecular weight is 308 g/mol. The van der Waals surface area contributed by atoms with Gasteiger partial charge in [0.1, 0.15) is 22.8 Å². The molecule has 6 heteroatoms. The number of aromatic nitrogens is 3. The van der Waals surface area contributed by atoms with Gasteiger partial charge in [-0.25, -0.2) is 18.7 Å². The molecular formula is C15H12ClF2N3. The third kappa shape index (κ3) is 2.08. The average Bonchev–Trinajstić information content (AvgIpc) is 2.84. The molecule has 0 aliphatic rings. The number of fused-ring (bicyclic) bond motifs is 1. The Kier molecular flexibility index (Phi) is 3.37. The summed E-state index contributed by atoms with van der Waals surface area (Å²) in [5.74, 6) is -0.921. The maximum absolute atomic E-state index is 14.4. The van der Waals surface area contributed by atoms with E-state index in [9.17, 15) is 8.78 Å². The quantitative estimate of drug-likeness (QED) is 0.669. The largest absolute Gasteiger partial charge is 0.274 e. The zero-order valence-electron chi connectivity index (χ0n) is 11.5. The molecule has 0 bridgehead atoms. The van der Waals surface area contributed by atoms with Crippen LogP contribution in [0.1, 0.15) is 17.0 Å². The van der Waals surface area contributed by atoms with Crippen molar-refractivity contribution >= 4 is 22.8 Å². The Morgan fingerprint density at radius 1 is 1.14 bits per heavy atom. The van der Waals surface area contributed by atoms with Crippen LogP contribution in [-0.4, -0.2) is 14.5 Å². The first-order valence-electron chi connectivity index (χ1n) is 6.38. The van der Waals surface area contributed by atoms with Gasteiger partial charge in [0.15, 0.2) is 11.5 Å². The van der Waals surface area contributed by atoms with E-state index in [0.717, 1.165) is 5.56 Å². The van der Waals surface area contributed by atoms with Crippen molar-refractivity contribution in [1.29, 1.82) is 0 Å². The molecule has 2 heterocycles. The number of pyridine rings is 1. The van der Waals surface area contributed by atoms with Crippen molar-refractivity contribution in [2.75, 3.05) is 0 Å². The van der Waals surface area contributed by atoms with Crippen molar-refractivity contribution in [3.05, 3.63) is 53.0 Å². The Morgan fingerprint density at radius 2 is 1.90 bits per heavy atom. The second kappa shape index (κ2) is 5.07. The molecule has 21 heavy (non-hydrogen) atoms. The fraction of sp³-hybridized carbons (Fsp3) is 0.200. The maximum atomic E-state index is 14.4. The van der Waals surface area contributed by atoms with Gasteiger partial charge in [0.25, 0.3) is 0 Å². The first kappa shape index (κ1) is 13.9. The molecule has 2 aromatic heterocycles. The van der Waals surface area contributed by atoms with Crippen LogP contribution < -0.4 is 0 Å². The fourth-order valence-corrected chi connectivity index (χ4v) is 2.49. The van der Waals surface area contributed by atoms with E-state index in [2.05, 4.69) is 9.97 Å². The number of alkyl halides is 1. The van der Waals surface area contributed by atoms with Crippen LogP contribution in [0.15, 0.2) is 24.4 Å². The lowest BCUT2D eigenvalue weighted by molar-refractivity contribution is 0.563. The first-order chi connectivity index (χ1) is 10.0. The highest BCUT2D eigenvalue weighted by atomic mass is 35.5.